The molecule has 2 fully saturated rings. The second-order valence-electron chi connectivity index (χ2n) is 7.27. The Kier molecular flexibility index (Phi) is 5.30. The minimum Gasteiger partial charge on any atom is -0.497 e. The molecule has 0 atom stereocenters. The number of sulfonamides is 1. The van der Waals surface area contributed by atoms with E-state index < -0.39 is 10.0 Å². The standard InChI is InChI=1S/C18H25N5O3S2/c1-14-19-22(18(27)23(14)15-3-4-15)13-20-9-11-21(12-10-20)28(24,25)17-7-5-16(26-2)6-8-17/h5-8,15H,3-4,9-13H2,1-2H3. The Hall–Kier alpha value is -1.75. The molecule has 1 saturated carbocycles. The molecule has 2 aliphatic rings. The zero-order valence-corrected chi connectivity index (χ0v) is 17.7. The van der Waals surface area contributed by atoms with E-state index in [0.717, 1.165) is 10.6 Å². The molecule has 2 heterocycles. The van der Waals surface area contributed by atoms with Gasteiger partial charge in [-0.25, -0.2) is 13.1 Å². The van der Waals surface area contributed by atoms with E-state index in [1.807, 2.05) is 11.6 Å². The molecular weight excluding hydrogens is 398 g/mol. The summed E-state index contributed by atoms with van der Waals surface area (Å²) in [7, 11) is -1.93. The summed E-state index contributed by atoms with van der Waals surface area (Å²) in [6.07, 6.45) is 2.34. The predicted molar refractivity (Wildman–Crippen MR) is 107 cm³/mol. The number of piperazine rings is 1. The van der Waals surface area contributed by atoms with E-state index in [9.17, 15) is 8.42 Å². The average Bonchev–Trinajstić information content (AvgIpc) is 3.48. The van der Waals surface area contributed by atoms with Crippen molar-refractivity contribution in [3.05, 3.63) is 34.9 Å². The molecule has 0 unspecified atom stereocenters. The van der Waals surface area contributed by atoms with Gasteiger partial charge in [-0.05, 0) is 56.2 Å². The van der Waals surface area contributed by atoms with Crippen molar-refractivity contribution in [3.8, 4) is 5.75 Å². The van der Waals surface area contributed by atoms with Gasteiger partial charge in [0.1, 0.15) is 11.6 Å². The Morgan fingerprint density at radius 2 is 1.79 bits per heavy atom. The van der Waals surface area contributed by atoms with Crippen molar-refractivity contribution in [2.75, 3.05) is 33.3 Å². The van der Waals surface area contributed by atoms with Crippen LogP contribution in [-0.4, -0.2) is 65.3 Å². The molecule has 1 aromatic carbocycles. The van der Waals surface area contributed by atoms with Crippen LogP contribution in [0.2, 0.25) is 0 Å². The lowest BCUT2D eigenvalue weighted by atomic mass is 10.3. The zero-order valence-electron chi connectivity index (χ0n) is 16.1. The van der Waals surface area contributed by atoms with Gasteiger partial charge in [0, 0.05) is 32.2 Å². The van der Waals surface area contributed by atoms with Crippen LogP contribution in [0, 0.1) is 11.7 Å². The van der Waals surface area contributed by atoms with Gasteiger partial charge in [0.25, 0.3) is 0 Å². The van der Waals surface area contributed by atoms with Gasteiger partial charge in [-0.2, -0.15) is 9.40 Å². The molecule has 0 radical (unpaired) electrons. The van der Waals surface area contributed by atoms with Crippen molar-refractivity contribution < 1.29 is 13.2 Å². The van der Waals surface area contributed by atoms with Crippen LogP contribution in [0.3, 0.4) is 0 Å². The van der Waals surface area contributed by atoms with Crippen molar-refractivity contribution in [2.45, 2.75) is 37.4 Å². The summed E-state index contributed by atoms with van der Waals surface area (Å²) in [5.74, 6) is 1.59. The maximum atomic E-state index is 12.9. The molecule has 0 bridgehead atoms. The normalized spacial score (nSPS) is 19.1. The summed E-state index contributed by atoms with van der Waals surface area (Å²) in [5.41, 5.74) is 0. The van der Waals surface area contributed by atoms with Crippen molar-refractivity contribution in [2.24, 2.45) is 0 Å². The molecule has 28 heavy (non-hydrogen) atoms. The SMILES string of the molecule is COc1ccc(S(=O)(=O)N2CCN(Cn3nc(C)n(C4CC4)c3=S)CC2)cc1. The smallest absolute Gasteiger partial charge is 0.243 e. The summed E-state index contributed by atoms with van der Waals surface area (Å²) in [4.78, 5) is 2.49. The van der Waals surface area contributed by atoms with Crippen LogP contribution >= 0.6 is 12.2 Å². The molecule has 8 nitrogen and oxygen atoms in total. The molecule has 0 spiro atoms. The highest BCUT2D eigenvalue weighted by Crippen LogP contribution is 2.36. The van der Waals surface area contributed by atoms with Crippen LogP contribution in [0.5, 0.6) is 5.75 Å². The lowest BCUT2D eigenvalue weighted by molar-refractivity contribution is 0.144. The highest BCUT2D eigenvalue weighted by Gasteiger charge is 2.30. The summed E-state index contributed by atoms with van der Waals surface area (Å²) >= 11 is 5.58. The average molecular weight is 424 g/mol. The molecule has 1 aromatic heterocycles. The number of ether oxygens (including phenoxy) is 1. The number of benzene rings is 1. The quantitative estimate of drug-likeness (QED) is 0.662. The van der Waals surface area contributed by atoms with Crippen LogP contribution in [0.1, 0.15) is 24.7 Å². The molecule has 0 N–H and O–H groups in total. The first-order valence-corrected chi connectivity index (χ1v) is 11.3. The van der Waals surface area contributed by atoms with Crippen molar-refractivity contribution in [1.29, 1.82) is 0 Å². The van der Waals surface area contributed by atoms with Crippen molar-refractivity contribution in [1.82, 2.24) is 23.6 Å². The minimum absolute atomic E-state index is 0.294. The third kappa shape index (κ3) is 3.73. The first kappa shape index (κ1) is 19.6. The molecule has 10 heteroatoms. The fraction of sp³-hybridized carbons (Fsp3) is 0.556. The summed E-state index contributed by atoms with van der Waals surface area (Å²) in [6.45, 7) is 4.77. The zero-order chi connectivity index (χ0) is 19.9. The number of hydrogen-bond donors (Lipinski definition) is 0. The molecule has 4 rings (SSSR count). The molecule has 152 valence electrons. The minimum atomic E-state index is -3.49. The summed E-state index contributed by atoms with van der Waals surface area (Å²) in [5, 5.41) is 4.59. The number of aryl methyl sites for hydroxylation is 1. The lowest BCUT2D eigenvalue weighted by Gasteiger charge is -2.33. The van der Waals surface area contributed by atoms with E-state index in [-0.39, 0.29) is 0 Å². The maximum Gasteiger partial charge on any atom is 0.243 e. The lowest BCUT2D eigenvalue weighted by Crippen LogP contribution is -2.48. The number of aromatic nitrogens is 3. The molecular formula is C18H25N5O3S2. The van der Waals surface area contributed by atoms with Gasteiger partial charge in [-0.3, -0.25) is 4.90 Å². The summed E-state index contributed by atoms with van der Waals surface area (Å²) < 4.78 is 37.1. The maximum absolute atomic E-state index is 12.9. The van der Waals surface area contributed by atoms with Gasteiger partial charge in [-0.15, -0.1) is 0 Å². The second-order valence-corrected chi connectivity index (χ2v) is 9.57. The van der Waals surface area contributed by atoms with Gasteiger partial charge in [0.05, 0.1) is 18.7 Å². The Bertz CT molecular complexity index is 1000. The van der Waals surface area contributed by atoms with Crippen LogP contribution in [-0.2, 0) is 16.7 Å². The summed E-state index contributed by atoms with van der Waals surface area (Å²) in [6, 6.07) is 7.03. The number of hydrogen-bond acceptors (Lipinski definition) is 6. The van der Waals surface area contributed by atoms with E-state index in [1.54, 1.807) is 35.7 Å². The van der Waals surface area contributed by atoms with E-state index >= 15 is 0 Å². The Morgan fingerprint density at radius 3 is 2.36 bits per heavy atom. The van der Waals surface area contributed by atoms with Gasteiger partial charge in [0.15, 0.2) is 4.77 Å². The first-order valence-electron chi connectivity index (χ1n) is 9.42. The molecule has 0 amide bonds. The van der Waals surface area contributed by atoms with E-state index in [2.05, 4.69) is 14.6 Å². The van der Waals surface area contributed by atoms with Crippen molar-refractivity contribution >= 4 is 22.2 Å². The van der Waals surface area contributed by atoms with Crippen LogP contribution in [0.4, 0.5) is 0 Å². The van der Waals surface area contributed by atoms with Gasteiger partial charge in [0.2, 0.25) is 10.0 Å². The predicted octanol–water partition coefficient (Wildman–Crippen LogP) is 2.03. The first-order chi connectivity index (χ1) is 13.4. The van der Waals surface area contributed by atoms with Crippen LogP contribution < -0.4 is 4.74 Å². The van der Waals surface area contributed by atoms with E-state index in [0.29, 0.717) is 49.5 Å². The Labute approximate surface area is 170 Å². The molecule has 1 aliphatic heterocycles. The Morgan fingerprint density at radius 1 is 1.14 bits per heavy atom. The number of nitrogens with zero attached hydrogens (tertiary/aromatic N) is 5. The monoisotopic (exact) mass is 423 g/mol. The highest BCUT2D eigenvalue weighted by atomic mass is 32.2. The van der Waals surface area contributed by atoms with Gasteiger partial charge in [-0.1, -0.05) is 0 Å². The van der Waals surface area contributed by atoms with Crippen LogP contribution in [0.15, 0.2) is 29.2 Å². The third-order valence-corrected chi connectivity index (χ3v) is 7.64. The van der Waals surface area contributed by atoms with E-state index in [4.69, 9.17) is 17.0 Å². The molecule has 2 aromatic rings. The number of rotatable bonds is 6. The van der Waals surface area contributed by atoms with Crippen molar-refractivity contribution in [3.63, 3.8) is 0 Å². The van der Waals surface area contributed by atoms with Gasteiger partial charge < -0.3 is 9.30 Å². The van der Waals surface area contributed by atoms with Gasteiger partial charge >= 0.3 is 0 Å². The Balaban J connectivity index is 1.40. The highest BCUT2D eigenvalue weighted by molar-refractivity contribution is 7.89. The molecule has 1 saturated heterocycles. The fourth-order valence-electron chi connectivity index (χ4n) is 3.57. The molecule has 1 aliphatic carbocycles. The van der Waals surface area contributed by atoms with Crippen LogP contribution in [0.25, 0.3) is 0 Å². The largest absolute Gasteiger partial charge is 0.497 e. The fourth-order valence-corrected chi connectivity index (χ4v) is 5.37. The number of methoxy groups -OCH3 is 1. The third-order valence-electron chi connectivity index (χ3n) is 5.32. The van der Waals surface area contributed by atoms with E-state index in [1.165, 1.54) is 12.8 Å². The second kappa shape index (κ2) is 7.58. The topological polar surface area (TPSA) is 72.6 Å².